The van der Waals surface area contributed by atoms with Crippen molar-refractivity contribution in [2.75, 3.05) is 6.26 Å². The molecule has 3 aromatic rings. The molecule has 0 radical (unpaired) electrons. The van der Waals surface area contributed by atoms with Crippen LogP contribution in [-0.4, -0.2) is 14.7 Å². The summed E-state index contributed by atoms with van der Waals surface area (Å²) in [6.45, 7) is 2.20. The van der Waals surface area contributed by atoms with Crippen LogP contribution in [0.1, 0.15) is 55.2 Å². The molecule has 31 heavy (non-hydrogen) atoms. The molecule has 0 aliphatic heterocycles. The molecule has 2 atom stereocenters. The Hall–Kier alpha value is -2.00. The Kier molecular flexibility index (Phi) is 8.43. The Morgan fingerprint density at radius 3 is 1.74 bits per heavy atom. The maximum Gasteiger partial charge on any atom is 0.267 e. The first kappa shape index (κ1) is 23.7. The highest BCUT2D eigenvalue weighted by molar-refractivity contribution is 7.88. The zero-order valence-electron chi connectivity index (χ0n) is 18.2. The van der Waals surface area contributed by atoms with Gasteiger partial charge in [-0.3, -0.25) is 0 Å². The van der Waals surface area contributed by atoms with E-state index >= 15 is 0 Å². The molecule has 0 spiro atoms. The predicted octanol–water partition coefficient (Wildman–Crippen LogP) is 6.86. The summed E-state index contributed by atoms with van der Waals surface area (Å²) in [6.07, 6.45) is 5.42. The van der Waals surface area contributed by atoms with Crippen LogP contribution in [0.2, 0.25) is 0 Å². The van der Waals surface area contributed by atoms with E-state index in [9.17, 15) is 8.42 Å². The summed E-state index contributed by atoms with van der Waals surface area (Å²) in [5, 5.41) is -0.610. The van der Waals surface area contributed by atoms with Crippen molar-refractivity contribution in [3.63, 3.8) is 0 Å². The fourth-order valence-corrected chi connectivity index (χ4v) is 6.37. The van der Waals surface area contributed by atoms with Crippen molar-refractivity contribution < 1.29 is 12.4 Å². The van der Waals surface area contributed by atoms with Gasteiger partial charge in [0.05, 0.1) is 20.2 Å². The van der Waals surface area contributed by atoms with Gasteiger partial charge in [-0.1, -0.05) is 117 Å². The molecular formula is C26H31O3PS. The number of hydrogen-bond acceptors (Lipinski definition) is 3. The third-order valence-electron chi connectivity index (χ3n) is 5.63. The van der Waals surface area contributed by atoms with Crippen LogP contribution in [0.5, 0.6) is 0 Å². The summed E-state index contributed by atoms with van der Waals surface area (Å²) < 4.78 is 29.9. The van der Waals surface area contributed by atoms with Crippen molar-refractivity contribution in [3.8, 4) is 0 Å². The van der Waals surface area contributed by atoms with Crippen molar-refractivity contribution in [2.24, 2.45) is 0 Å². The number of unbranched alkanes of at least 4 members (excludes halogenated alkanes) is 2. The Bertz CT molecular complexity index is 983. The first-order chi connectivity index (χ1) is 15.0. The second kappa shape index (κ2) is 11.0. The summed E-state index contributed by atoms with van der Waals surface area (Å²) in [7, 11) is -3.87. The predicted molar refractivity (Wildman–Crippen MR) is 131 cm³/mol. The molecule has 3 rings (SSSR count). The van der Waals surface area contributed by atoms with E-state index in [1.54, 1.807) is 0 Å². The van der Waals surface area contributed by atoms with Crippen LogP contribution in [0, 0.1) is 0 Å². The van der Waals surface area contributed by atoms with Crippen LogP contribution in [0.3, 0.4) is 0 Å². The van der Waals surface area contributed by atoms with E-state index in [4.69, 9.17) is 3.97 Å². The van der Waals surface area contributed by atoms with E-state index in [1.807, 2.05) is 42.5 Å². The molecule has 0 heterocycles. The van der Waals surface area contributed by atoms with E-state index in [-0.39, 0.29) is 14.7 Å². The molecule has 0 bridgehead atoms. The van der Waals surface area contributed by atoms with Crippen LogP contribution in [0.4, 0.5) is 0 Å². The maximum atomic E-state index is 12.1. The van der Waals surface area contributed by atoms with Gasteiger partial charge in [-0.15, -0.1) is 0 Å². The quantitative estimate of drug-likeness (QED) is 0.235. The zero-order valence-corrected chi connectivity index (χ0v) is 20.0. The average molecular weight is 455 g/mol. The lowest BCUT2D eigenvalue weighted by Gasteiger charge is -2.41. The largest absolute Gasteiger partial charge is 0.267 e. The highest BCUT2D eigenvalue weighted by Crippen LogP contribution is 2.58. The molecule has 2 unspecified atom stereocenters. The Labute approximate surface area is 188 Å². The lowest BCUT2D eigenvalue weighted by molar-refractivity contribution is 0.458. The van der Waals surface area contributed by atoms with Gasteiger partial charge in [0.2, 0.25) is 0 Å². The van der Waals surface area contributed by atoms with E-state index in [0.717, 1.165) is 43.1 Å². The van der Waals surface area contributed by atoms with E-state index < -0.39 is 15.3 Å². The van der Waals surface area contributed by atoms with Gasteiger partial charge in [0, 0.05) is 5.92 Å². The maximum absolute atomic E-state index is 12.1. The zero-order chi connectivity index (χ0) is 22.2. The van der Waals surface area contributed by atoms with Gasteiger partial charge >= 0.3 is 0 Å². The Morgan fingerprint density at radius 2 is 1.29 bits per heavy atom. The van der Waals surface area contributed by atoms with E-state index in [0.29, 0.717) is 0 Å². The standard InChI is InChI=1S/C26H31O3PS/c1-3-4-8-21-25(22-15-9-5-10-16-22)26(30-29-31(2,27)28,23-17-11-6-12-18-23)24-19-13-7-14-20-24/h5-7,9-20,25,30H,3-4,8,21H2,1-2H3. The topological polar surface area (TPSA) is 43.4 Å². The molecule has 3 aromatic carbocycles. The van der Waals surface area contributed by atoms with Crippen LogP contribution in [0.25, 0.3) is 0 Å². The number of hydrogen-bond donors (Lipinski definition) is 0. The third kappa shape index (κ3) is 6.04. The van der Waals surface area contributed by atoms with E-state index in [2.05, 4.69) is 55.5 Å². The van der Waals surface area contributed by atoms with Crippen molar-refractivity contribution in [1.29, 1.82) is 0 Å². The average Bonchev–Trinajstić information content (AvgIpc) is 2.79. The first-order valence-corrected chi connectivity index (χ1v) is 13.5. The monoisotopic (exact) mass is 454 g/mol. The molecule has 5 heteroatoms. The second-order valence-corrected chi connectivity index (χ2v) is 11.0. The molecule has 3 nitrogen and oxygen atoms in total. The summed E-state index contributed by atoms with van der Waals surface area (Å²) in [4.78, 5) is 0. The van der Waals surface area contributed by atoms with Crippen LogP contribution in [-0.2, 0) is 19.2 Å². The molecule has 0 aliphatic rings. The summed E-state index contributed by atoms with van der Waals surface area (Å²) in [5.41, 5.74) is 3.36. The van der Waals surface area contributed by atoms with Crippen molar-refractivity contribution in [3.05, 3.63) is 108 Å². The molecule has 0 saturated carbocycles. The molecule has 0 N–H and O–H groups in total. The van der Waals surface area contributed by atoms with Gasteiger partial charge in [-0.05, 0) is 23.1 Å². The van der Waals surface area contributed by atoms with Crippen LogP contribution < -0.4 is 0 Å². The molecule has 0 aliphatic carbocycles. The minimum absolute atomic E-state index is 0.0742. The van der Waals surface area contributed by atoms with Gasteiger partial charge < -0.3 is 0 Å². The van der Waals surface area contributed by atoms with Gasteiger partial charge in [0.15, 0.2) is 0 Å². The normalized spacial score (nSPS) is 13.5. The molecule has 0 fully saturated rings. The molecule has 0 saturated heterocycles. The lowest BCUT2D eigenvalue weighted by atomic mass is 9.74. The Balaban J connectivity index is 2.26. The SMILES string of the molecule is CCCCCC(c1ccccc1)C(POS(C)(=O)=O)(c1ccccc1)c1ccccc1. The summed E-state index contributed by atoms with van der Waals surface area (Å²) in [5.74, 6) is 0.0742. The van der Waals surface area contributed by atoms with Crippen molar-refractivity contribution in [2.45, 2.75) is 43.7 Å². The van der Waals surface area contributed by atoms with Crippen molar-refractivity contribution >= 4 is 18.9 Å². The molecular weight excluding hydrogens is 423 g/mol. The fourth-order valence-electron chi connectivity index (χ4n) is 4.22. The first-order valence-electron chi connectivity index (χ1n) is 10.8. The van der Waals surface area contributed by atoms with Crippen LogP contribution >= 0.6 is 8.81 Å². The van der Waals surface area contributed by atoms with Crippen molar-refractivity contribution in [1.82, 2.24) is 0 Å². The highest BCUT2D eigenvalue weighted by Gasteiger charge is 2.44. The third-order valence-corrected chi connectivity index (χ3v) is 8.43. The molecule has 0 amide bonds. The number of rotatable bonds is 11. The van der Waals surface area contributed by atoms with Gasteiger partial charge in [-0.25, -0.2) is 3.97 Å². The van der Waals surface area contributed by atoms with Gasteiger partial charge in [-0.2, -0.15) is 8.42 Å². The minimum Gasteiger partial charge on any atom is -0.250 e. The second-order valence-electron chi connectivity index (χ2n) is 7.89. The summed E-state index contributed by atoms with van der Waals surface area (Å²) >= 11 is 0. The van der Waals surface area contributed by atoms with Gasteiger partial charge in [0.1, 0.15) is 0 Å². The van der Waals surface area contributed by atoms with Crippen LogP contribution in [0.15, 0.2) is 91.0 Å². The minimum atomic E-state index is -3.60. The summed E-state index contributed by atoms with van der Waals surface area (Å²) in [6, 6.07) is 30.9. The Morgan fingerprint density at radius 1 is 0.806 bits per heavy atom. The van der Waals surface area contributed by atoms with Gasteiger partial charge in [0.25, 0.3) is 10.1 Å². The number of benzene rings is 3. The molecule has 164 valence electrons. The fraction of sp³-hybridized carbons (Fsp3) is 0.308. The molecule has 0 aromatic heterocycles. The van der Waals surface area contributed by atoms with E-state index in [1.165, 1.54) is 5.56 Å². The lowest BCUT2D eigenvalue weighted by Crippen LogP contribution is -2.32. The highest BCUT2D eigenvalue weighted by atomic mass is 32.2. The smallest absolute Gasteiger partial charge is 0.250 e.